The molecule has 1 atom stereocenters. The van der Waals surface area contributed by atoms with Gasteiger partial charge in [-0.1, -0.05) is 34.1 Å². The molecule has 23 heavy (non-hydrogen) atoms. The number of methoxy groups -OCH3 is 1. The van der Waals surface area contributed by atoms with Crippen molar-refractivity contribution in [1.29, 1.82) is 0 Å². The monoisotopic (exact) mass is 371 g/mol. The van der Waals surface area contributed by atoms with Crippen molar-refractivity contribution in [2.45, 2.75) is 18.8 Å². The average Bonchev–Trinajstić information content (AvgIpc) is 2.56. The zero-order valence-electron chi connectivity index (χ0n) is 12.9. The van der Waals surface area contributed by atoms with Gasteiger partial charge in [0.15, 0.2) is 0 Å². The van der Waals surface area contributed by atoms with E-state index in [0.29, 0.717) is 12.8 Å². The van der Waals surface area contributed by atoms with E-state index in [4.69, 9.17) is 4.74 Å². The lowest BCUT2D eigenvalue weighted by Gasteiger charge is -2.22. The summed E-state index contributed by atoms with van der Waals surface area (Å²) in [6.07, 6.45) is 3.17. The zero-order chi connectivity index (χ0) is 16.2. The van der Waals surface area contributed by atoms with Crippen LogP contribution in [-0.2, 0) is 4.79 Å². The van der Waals surface area contributed by atoms with Gasteiger partial charge in [-0.05, 0) is 42.0 Å². The molecule has 3 rings (SSSR count). The number of ether oxygens (including phenoxy) is 1. The van der Waals surface area contributed by atoms with Crippen LogP contribution in [0.15, 0.2) is 64.8 Å². The third-order valence-electron chi connectivity index (χ3n) is 3.93. The molecule has 4 heteroatoms. The van der Waals surface area contributed by atoms with E-state index in [0.717, 1.165) is 27.2 Å². The molecular formula is C19H18BrNO2. The third kappa shape index (κ3) is 4.02. The van der Waals surface area contributed by atoms with Gasteiger partial charge < -0.3 is 10.1 Å². The fraction of sp³-hybridized carbons (Fsp3) is 0.211. The number of carbonyl (C=O) groups excluding carboxylic acids is 1. The van der Waals surface area contributed by atoms with Crippen LogP contribution in [0.3, 0.4) is 0 Å². The second-order valence-corrected chi connectivity index (χ2v) is 6.54. The first kappa shape index (κ1) is 15.8. The van der Waals surface area contributed by atoms with E-state index >= 15 is 0 Å². The molecule has 118 valence electrons. The maximum Gasteiger partial charge on any atom is 0.139 e. The summed E-state index contributed by atoms with van der Waals surface area (Å²) in [5, 5.41) is 3.36. The molecule has 0 aromatic heterocycles. The number of carbonyl (C=O) groups is 1. The number of anilines is 1. The number of Topliss-reactive ketones (excluding diaryl/α,β-unsaturated/α-hetero) is 1. The van der Waals surface area contributed by atoms with Crippen molar-refractivity contribution in [3.8, 4) is 5.75 Å². The minimum Gasteiger partial charge on any atom is -0.497 e. The summed E-state index contributed by atoms with van der Waals surface area (Å²) in [6.45, 7) is 0. The summed E-state index contributed by atoms with van der Waals surface area (Å²) in [6, 6.07) is 15.9. The standard InChI is InChI=1S/C19H18BrNO2/c1-23-19-8-2-13(3-9-19)14-10-17(12-18(22)11-14)21-16-6-4-15(20)5-7-16/h2-10,14,21H,11-12H2,1H3. The maximum absolute atomic E-state index is 12.1. The predicted octanol–water partition coefficient (Wildman–Crippen LogP) is 4.90. The third-order valence-corrected chi connectivity index (χ3v) is 4.46. The molecule has 0 bridgehead atoms. The molecule has 2 aromatic carbocycles. The van der Waals surface area contributed by atoms with Gasteiger partial charge in [-0.15, -0.1) is 0 Å². The van der Waals surface area contributed by atoms with Crippen LogP contribution in [0.1, 0.15) is 24.3 Å². The lowest BCUT2D eigenvalue weighted by molar-refractivity contribution is -0.118. The van der Waals surface area contributed by atoms with E-state index in [2.05, 4.69) is 27.3 Å². The SMILES string of the molecule is COc1ccc(C2C=C(Nc3ccc(Br)cc3)CC(=O)C2)cc1. The van der Waals surface area contributed by atoms with Crippen LogP contribution in [0.25, 0.3) is 0 Å². The van der Waals surface area contributed by atoms with E-state index in [-0.39, 0.29) is 11.7 Å². The molecule has 0 amide bonds. The van der Waals surface area contributed by atoms with Crippen molar-refractivity contribution < 1.29 is 9.53 Å². The fourth-order valence-electron chi connectivity index (χ4n) is 2.76. The van der Waals surface area contributed by atoms with Gasteiger partial charge in [0.05, 0.1) is 7.11 Å². The van der Waals surface area contributed by atoms with Crippen molar-refractivity contribution in [3.05, 3.63) is 70.3 Å². The Morgan fingerprint density at radius 2 is 1.78 bits per heavy atom. The summed E-state index contributed by atoms with van der Waals surface area (Å²) in [5.74, 6) is 1.20. The van der Waals surface area contributed by atoms with Crippen LogP contribution in [0, 0.1) is 0 Å². The average molecular weight is 372 g/mol. The lowest BCUT2D eigenvalue weighted by Crippen LogP contribution is -2.16. The van der Waals surface area contributed by atoms with Crippen molar-refractivity contribution in [3.63, 3.8) is 0 Å². The number of benzene rings is 2. The predicted molar refractivity (Wildman–Crippen MR) is 95.8 cm³/mol. The first-order chi connectivity index (χ1) is 11.1. The topological polar surface area (TPSA) is 38.3 Å². The fourth-order valence-corrected chi connectivity index (χ4v) is 3.02. The summed E-state index contributed by atoms with van der Waals surface area (Å²) >= 11 is 3.43. The first-order valence-corrected chi connectivity index (χ1v) is 8.32. The van der Waals surface area contributed by atoms with Gasteiger partial charge in [-0.25, -0.2) is 0 Å². The molecular weight excluding hydrogens is 354 g/mol. The van der Waals surface area contributed by atoms with Crippen LogP contribution >= 0.6 is 15.9 Å². The van der Waals surface area contributed by atoms with Gasteiger partial charge >= 0.3 is 0 Å². The highest BCUT2D eigenvalue weighted by molar-refractivity contribution is 9.10. The Morgan fingerprint density at radius 3 is 2.43 bits per heavy atom. The van der Waals surface area contributed by atoms with E-state index < -0.39 is 0 Å². The molecule has 1 aliphatic carbocycles. The van der Waals surface area contributed by atoms with Crippen LogP contribution in [0.4, 0.5) is 5.69 Å². The highest BCUT2D eigenvalue weighted by Crippen LogP contribution is 2.31. The van der Waals surface area contributed by atoms with Crippen LogP contribution < -0.4 is 10.1 Å². The second-order valence-electron chi connectivity index (χ2n) is 5.62. The van der Waals surface area contributed by atoms with E-state index in [1.807, 2.05) is 48.5 Å². The van der Waals surface area contributed by atoms with E-state index in [1.165, 1.54) is 0 Å². The molecule has 0 aliphatic heterocycles. The number of halogens is 1. The Hall–Kier alpha value is -2.07. The molecule has 0 saturated carbocycles. The second kappa shape index (κ2) is 7.01. The Kier molecular flexibility index (Phi) is 4.82. The smallest absolute Gasteiger partial charge is 0.139 e. The zero-order valence-corrected chi connectivity index (χ0v) is 14.5. The van der Waals surface area contributed by atoms with Gasteiger partial charge in [0.1, 0.15) is 11.5 Å². The number of nitrogens with one attached hydrogen (secondary N) is 1. The molecule has 0 heterocycles. The molecule has 3 nitrogen and oxygen atoms in total. The largest absolute Gasteiger partial charge is 0.497 e. The molecule has 0 fully saturated rings. The van der Waals surface area contributed by atoms with Crippen molar-refractivity contribution in [2.24, 2.45) is 0 Å². The highest BCUT2D eigenvalue weighted by atomic mass is 79.9. The normalized spacial score (nSPS) is 17.6. The van der Waals surface area contributed by atoms with Crippen molar-refractivity contribution in [2.75, 3.05) is 12.4 Å². The number of hydrogen-bond acceptors (Lipinski definition) is 3. The lowest BCUT2D eigenvalue weighted by atomic mass is 9.87. The van der Waals surface area contributed by atoms with Gasteiger partial charge in [-0.2, -0.15) is 0 Å². The quantitative estimate of drug-likeness (QED) is 0.830. The van der Waals surface area contributed by atoms with Gasteiger partial charge in [0, 0.05) is 34.6 Å². The summed E-state index contributed by atoms with van der Waals surface area (Å²) in [7, 11) is 1.65. The highest BCUT2D eigenvalue weighted by Gasteiger charge is 2.21. The minimum atomic E-state index is 0.111. The molecule has 2 aromatic rings. The van der Waals surface area contributed by atoms with Crippen LogP contribution in [-0.4, -0.2) is 12.9 Å². The Balaban J connectivity index is 1.80. The molecule has 1 N–H and O–H groups in total. The number of allylic oxidation sites excluding steroid dienone is 2. The van der Waals surface area contributed by atoms with E-state index in [9.17, 15) is 4.79 Å². The van der Waals surface area contributed by atoms with Crippen LogP contribution in [0.2, 0.25) is 0 Å². The number of ketones is 1. The summed E-state index contributed by atoms with van der Waals surface area (Å²) < 4.78 is 6.22. The molecule has 0 spiro atoms. The number of rotatable bonds is 4. The molecule has 0 radical (unpaired) electrons. The Bertz CT molecular complexity index is 720. The van der Waals surface area contributed by atoms with Gasteiger partial charge in [-0.3, -0.25) is 4.79 Å². The minimum absolute atomic E-state index is 0.111. The van der Waals surface area contributed by atoms with E-state index in [1.54, 1.807) is 7.11 Å². The molecule has 0 saturated heterocycles. The molecule has 1 unspecified atom stereocenters. The van der Waals surface area contributed by atoms with Crippen molar-refractivity contribution in [1.82, 2.24) is 0 Å². The summed E-state index contributed by atoms with van der Waals surface area (Å²) in [5.41, 5.74) is 3.08. The van der Waals surface area contributed by atoms with Gasteiger partial charge in [0.25, 0.3) is 0 Å². The molecule has 1 aliphatic rings. The summed E-state index contributed by atoms with van der Waals surface area (Å²) in [4.78, 5) is 12.1. The van der Waals surface area contributed by atoms with Crippen LogP contribution in [0.5, 0.6) is 5.75 Å². The number of hydrogen-bond donors (Lipinski definition) is 1. The maximum atomic E-state index is 12.1. The van der Waals surface area contributed by atoms with Crippen molar-refractivity contribution >= 4 is 27.4 Å². The van der Waals surface area contributed by atoms with Gasteiger partial charge in [0.2, 0.25) is 0 Å². The Morgan fingerprint density at radius 1 is 1.09 bits per heavy atom. The first-order valence-electron chi connectivity index (χ1n) is 7.53. The Labute approximate surface area is 144 Å².